The molecule has 4 heteroatoms. The summed E-state index contributed by atoms with van der Waals surface area (Å²) in [5.74, 6) is 0. The molecule has 0 aliphatic rings. The lowest BCUT2D eigenvalue weighted by Gasteiger charge is -2.49. The minimum Gasteiger partial charge on any atom is -0.379 e. The number of unbranched alkanes of at least 4 members (excludes halogenated alkanes) is 15. The van der Waals surface area contributed by atoms with Gasteiger partial charge in [-0.3, -0.25) is 4.90 Å². The zero-order valence-electron chi connectivity index (χ0n) is 25.3. The second-order valence-corrected chi connectivity index (χ2v) is 12.7. The Balaban J connectivity index is 4.06. The van der Waals surface area contributed by atoms with Gasteiger partial charge < -0.3 is 9.26 Å². The van der Waals surface area contributed by atoms with Crippen LogP contribution in [0.1, 0.15) is 164 Å². The van der Waals surface area contributed by atoms with Crippen LogP contribution in [0.15, 0.2) is 0 Å². The van der Waals surface area contributed by atoms with E-state index in [1.165, 1.54) is 103 Å². The highest BCUT2D eigenvalue weighted by Gasteiger charge is 2.36. The monoisotopic (exact) mass is 515 g/mol. The Morgan fingerprint density at radius 3 is 1.34 bits per heavy atom. The van der Waals surface area contributed by atoms with Gasteiger partial charge in [0.2, 0.25) is 0 Å². The minimum absolute atomic E-state index is 0.118. The number of nitrogens with zero attached hydrogens (tertiary/aromatic N) is 1. The molecule has 0 aliphatic heterocycles. The fourth-order valence-corrected chi connectivity index (χ4v) is 5.48. The van der Waals surface area contributed by atoms with Gasteiger partial charge in [-0.2, -0.15) is 0 Å². The van der Waals surface area contributed by atoms with Gasteiger partial charge in [0.1, 0.15) is 0 Å². The summed E-state index contributed by atoms with van der Waals surface area (Å²) in [5, 5.41) is 0. The molecule has 0 aromatic carbocycles. The van der Waals surface area contributed by atoms with Crippen LogP contribution in [0, 0.1) is 0 Å². The second-order valence-electron chi connectivity index (χ2n) is 12.4. The normalized spacial score (nSPS) is 12.9. The summed E-state index contributed by atoms with van der Waals surface area (Å²) in [6.45, 7) is 18.9. The highest BCUT2D eigenvalue weighted by molar-refractivity contribution is 7.09. The molecule has 1 atom stereocenters. The van der Waals surface area contributed by atoms with Crippen molar-refractivity contribution in [2.45, 2.75) is 181 Å². The van der Waals surface area contributed by atoms with Crippen LogP contribution >= 0.6 is 9.47 Å². The molecular formula is C31H66NO2P. The van der Waals surface area contributed by atoms with Crippen molar-refractivity contribution in [1.29, 1.82) is 0 Å². The molecule has 0 rings (SSSR count). The van der Waals surface area contributed by atoms with Gasteiger partial charge in [0.15, 0.2) is 0 Å². The van der Waals surface area contributed by atoms with Gasteiger partial charge in [0, 0.05) is 27.2 Å². The van der Waals surface area contributed by atoms with Crippen molar-refractivity contribution in [3.05, 3.63) is 0 Å². The summed E-state index contributed by atoms with van der Waals surface area (Å²) in [5.41, 5.74) is 0.238. The Labute approximate surface area is 224 Å². The van der Waals surface area contributed by atoms with Crippen molar-refractivity contribution in [3.63, 3.8) is 0 Å². The van der Waals surface area contributed by atoms with Crippen molar-refractivity contribution < 1.29 is 9.26 Å². The zero-order valence-corrected chi connectivity index (χ0v) is 26.4. The molecule has 0 aliphatic carbocycles. The second kappa shape index (κ2) is 22.3. The molecule has 1 unspecified atom stereocenters. The lowest BCUT2D eigenvalue weighted by Crippen LogP contribution is -2.56. The summed E-state index contributed by atoms with van der Waals surface area (Å²) in [7, 11) is 2.41. The first-order valence-electron chi connectivity index (χ1n) is 15.4. The van der Waals surface area contributed by atoms with E-state index in [-0.39, 0.29) is 11.1 Å². The molecule has 0 bridgehead atoms. The summed E-state index contributed by atoms with van der Waals surface area (Å²) < 4.78 is 11.3. The van der Waals surface area contributed by atoms with Gasteiger partial charge in [0.25, 0.3) is 0 Å². The molecule has 0 saturated carbocycles. The highest BCUT2D eigenvalue weighted by atomic mass is 31.0. The minimum atomic E-state index is 0.118. The molecule has 3 nitrogen and oxygen atoms in total. The zero-order chi connectivity index (χ0) is 26.4. The van der Waals surface area contributed by atoms with Gasteiger partial charge in [-0.1, -0.05) is 103 Å². The first-order chi connectivity index (χ1) is 16.7. The summed E-state index contributed by atoms with van der Waals surface area (Å²) >= 11 is 0. The topological polar surface area (TPSA) is 21.7 Å². The van der Waals surface area contributed by atoms with Crippen molar-refractivity contribution in [3.8, 4) is 0 Å². The number of rotatable bonds is 26. The van der Waals surface area contributed by atoms with Gasteiger partial charge >= 0.3 is 0 Å². The van der Waals surface area contributed by atoms with Crippen LogP contribution in [0.4, 0.5) is 0 Å². The van der Waals surface area contributed by atoms with Crippen LogP contribution in [0.25, 0.3) is 0 Å². The van der Waals surface area contributed by atoms with Crippen LogP contribution < -0.4 is 0 Å². The molecule has 0 fully saturated rings. The Kier molecular flexibility index (Phi) is 22.5. The summed E-state index contributed by atoms with van der Waals surface area (Å²) in [6, 6.07) is 0. The predicted octanol–water partition coefficient (Wildman–Crippen LogP) is 10.1. The Morgan fingerprint density at radius 2 is 0.971 bits per heavy atom. The molecule has 35 heavy (non-hydrogen) atoms. The van der Waals surface area contributed by atoms with Crippen molar-refractivity contribution in [2.75, 3.05) is 19.8 Å². The molecule has 0 aromatic rings. The fraction of sp³-hybridized carbons (Fsp3) is 1.00. The van der Waals surface area contributed by atoms with E-state index in [4.69, 9.17) is 9.26 Å². The third-order valence-electron chi connectivity index (χ3n) is 7.69. The van der Waals surface area contributed by atoms with E-state index in [2.05, 4.69) is 62.8 Å². The Morgan fingerprint density at radius 1 is 0.600 bits per heavy atom. The average Bonchev–Trinajstić information content (AvgIpc) is 2.79. The van der Waals surface area contributed by atoms with E-state index >= 15 is 0 Å². The largest absolute Gasteiger partial charge is 0.379 e. The van der Waals surface area contributed by atoms with Gasteiger partial charge in [-0.15, -0.1) is 0 Å². The maximum absolute atomic E-state index is 5.90. The van der Waals surface area contributed by atoms with Gasteiger partial charge in [-0.05, 0) is 67.3 Å². The van der Waals surface area contributed by atoms with E-state index in [0.717, 1.165) is 32.6 Å². The number of hydrogen-bond acceptors (Lipinski definition) is 3. The third-order valence-corrected chi connectivity index (χ3v) is 7.93. The SMILES string of the molecule is CCCCCCCCCCCCCCCCCCN(C(C)(C)CCOP)C(C)(C)CCOC(C)C. The molecule has 212 valence electrons. The van der Waals surface area contributed by atoms with Crippen molar-refractivity contribution >= 4 is 9.47 Å². The van der Waals surface area contributed by atoms with E-state index in [1.54, 1.807) is 0 Å². The third kappa shape index (κ3) is 20.0. The number of ether oxygens (including phenoxy) is 1. The lowest BCUT2D eigenvalue weighted by atomic mass is 9.88. The van der Waals surface area contributed by atoms with E-state index in [9.17, 15) is 0 Å². The maximum atomic E-state index is 5.90. The Bertz CT molecular complexity index is 453. The van der Waals surface area contributed by atoms with Crippen LogP contribution in [0.5, 0.6) is 0 Å². The molecular weight excluding hydrogens is 449 g/mol. The predicted molar refractivity (Wildman–Crippen MR) is 160 cm³/mol. The van der Waals surface area contributed by atoms with Crippen molar-refractivity contribution in [1.82, 2.24) is 4.90 Å². The standard InChI is InChI=1S/C31H66NO2P/c1-8-9-10-11-12-13-14-15-16-17-18-19-20-21-22-23-26-32(31(6,7)25-28-34-35)30(4,5)24-27-33-29(2)3/h29H,8-28,35H2,1-7H3. The molecule has 0 radical (unpaired) electrons. The van der Waals surface area contributed by atoms with Gasteiger partial charge in [-0.25, -0.2) is 0 Å². The number of hydrogen-bond donors (Lipinski definition) is 0. The van der Waals surface area contributed by atoms with Crippen molar-refractivity contribution in [2.24, 2.45) is 0 Å². The van der Waals surface area contributed by atoms with Crippen LogP contribution in [0.2, 0.25) is 0 Å². The molecule has 0 heterocycles. The van der Waals surface area contributed by atoms with Gasteiger partial charge in [0.05, 0.1) is 12.7 Å². The molecule has 0 spiro atoms. The molecule has 0 N–H and O–H groups in total. The molecule has 0 aromatic heterocycles. The Hall–Kier alpha value is 0.310. The maximum Gasteiger partial charge on any atom is 0.0519 e. The van der Waals surface area contributed by atoms with E-state index in [0.29, 0.717) is 6.10 Å². The van der Waals surface area contributed by atoms with E-state index < -0.39 is 0 Å². The first kappa shape index (κ1) is 35.3. The van der Waals surface area contributed by atoms with Crippen LogP contribution in [-0.4, -0.2) is 41.8 Å². The fourth-order valence-electron chi connectivity index (χ4n) is 5.37. The smallest absolute Gasteiger partial charge is 0.0519 e. The summed E-state index contributed by atoms with van der Waals surface area (Å²) in [4.78, 5) is 2.73. The average molecular weight is 516 g/mol. The lowest BCUT2D eigenvalue weighted by molar-refractivity contribution is -0.0236. The van der Waals surface area contributed by atoms with E-state index in [1.807, 2.05) is 0 Å². The molecule has 0 amide bonds. The highest BCUT2D eigenvalue weighted by Crippen LogP contribution is 2.31. The molecule has 0 saturated heterocycles. The quantitative estimate of drug-likeness (QED) is 0.0844. The first-order valence-corrected chi connectivity index (χ1v) is 15.9. The van der Waals surface area contributed by atoms with Crippen LogP contribution in [-0.2, 0) is 9.26 Å². The van der Waals surface area contributed by atoms with Crippen LogP contribution in [0.3, 0.4) is 0 Å². The summed E-state index contributed by atoms with van der Waals surface area (Å²) in [6.07, 6.45) is 25.1.